The van der Waals surface area contributed by atoms with Crippen LogP contribution < -0.4 is 0 Å². The summed E-state index contributed by atoms with van der Waals surface area (Å²) < 4.78 is 0. The maximum atomic E-state index is 5.51. The van der Waals surface area contributed by atoms with Gasteiger partial charge < -0.3 is 0 Å². The van der Waals surface area contributed by atoms with Crippen LogP contribution >= 0.6 is 21.6 Å². The lowest BCUT2D eigenvalue weighted by Gasteiger charge is -2.19. The molecule has 0 aliphatic rings. The van der Waals surface area contributed by atoms with Crippen molar-refractivity contribution in [3.63, 3.8) is 0 Å². The Balaban J connectivity index is 3.17. The molecule has 0 bridgehead atoms. The number of rotatable bonds is 1. The largest absolute Gasteiger partial charge is 0.236 e. The van der Waals surface area contributed by atoms with Gasteiger partial charge in [0.1, 0.15) is 0 Å². The van der Waals surface area contributed by atoms with E-state index in [-0.39, 0.29) is 0 Å². The predicted octanol–water partition coefficient (Wildman–Crippen LogP) is 1.88. The Morgan fingerprint density at radius 1 is 1.33 bits per heavy atom. The van der Waals surface area contributed by atoms with E-state index in [1.165, 1.54) is 0 Å². The summed E-state index contributed by atoms with van der Waals surface area (Å²) in [6.45, 7) is 0. The number of hydrogen-bond acceptors (Lipinski definition) is 0. The zero-order chi connectivity index (χ0) is 5.21. The first kappa shape index (κ1) is 6.64. The van der Waals surface area contributed by atoms with E-state index >= 15 is 0 Å². The first-order valence-corrected chi connectivity index (χ1v) is 5.34. The molecule has 0 unspecified atom stereocenters. The molecule has 0 amide bonds. The van der Waals surface area contributed by atoms with Gasteiger partial charge in [0, 0.05) is 0 Å². The Hall–Kier alpha value is 0.640. The molecule has 0 saturated heterocycles. The van der Waals surface area contributed by atoms with Crippen molar-refractivity contribution in [2.24, 2.45) is 0 Å². The van der Waals surface area contributed by atoms with Crippen molar-refractivity contribution < 1.29 is 0 Å². The monoisotopic (exact) mass is 126 g/mol. The summed E-state index contributed by atoms with van der Waals surface area (Å²) in [6.07, 6.45) is 6.58. The van der Waals surface area contributed by atoms with E-state index in [4.69, 9.17) is 11.6 Å². The molecule has 0 aliphatic carbocycles. The van der Waals surface area contributed by atoms with Crippen molar-refractivity contribution in [3.05, 3.63) is 0 Å². The number of hydrogen-bond donors (Lipinski definition) is 0. The van der Waals surface area contributed by atoms with Crippen molar-refractivity contribution in [2.45, 2.75) is 0 Å². The molecule has 0 atom stereocenters. The summed E-state index contributed by atoms with van der Waals surface area (Å²) in [6, 6.07) is 0. The Labute approximate surface area is 46.2 Å². The van der Waals surface area contributed by atoms with E-state index in [0.29, 0.717) is 0 Å². The van der Waals surface area contributed by atoms with Crippen LogP contribution in [-0.4, -0.2) is 24.0 Å². The zero-order valence-electron chi connectivity index (χ0n) is 4.49. The van der Waals surface area contributed by atoms with Crippen LogP contribution in [0.15, 0.2) is 0 Å². The quantitative estimate of drug-likeness (QED) is 0.471. The second-order valence-electron chi connectivity index (χ2n) is 2.20. The first-order chi connectivity index (χ1) is 2.56. The number of alkyl halides is 1. The average molecular weight is 127 g/mol. The van der Waals surface area contributed by atoms with Gasteiger partial charge in [0.05, 0.1) is 5.21 Å². The summed E-state index contributed by atoms with van der Waals surface area (Å²) in [4.78, 5) is 0. The van der Waals surface area contributed by atoms with Crippen molar-refractivity contribution >= 4 is 21.6 Å². The Kier molecular flexibility index (Phi) is 2.30. The van der Waals surface area contributed by atoms with Crippen LogP contribution in [0.2, 0.25) is 0 Å². The van der Waals surface area contributed by atoms with Gasteiger partial charge in [-0.2, -0.15) is 0 Å². The highest BCUT2D eigenvalue weighted by Gasteiger charge is 1.97. The summed E-state index contributed by atoms with van der Waals surface area (Å²) in [5, 5.41) is 0.826. The summed E-state index contributed by atoms with van der Waals surface area (Å²) >= 11 is 5.51. The minimum atomic E-state index is -0.397. The molecular weight excluding hydrogens is 116 g/mol. The topological polar surface area (TPSA) is 0 Å². The Morgan fingerprint density at radius 3 is 1.50 bits per heavy atom. The van der Waals surface area contributed by atoms with Crippen molar-refractivity contribution in [1.82, 2.24) is 0 Å². The van der Waals surface area contributed by atoms with Crippen LogP contribution in [0.25, 0.3) is 0 Å². The third-order valence-corrected chi connectivity index (χ3v) is 2.95. The maximum Gasteiger partial charge on any atom is 0.0520 e. The van der Waals surface area contributed by atoms with E-state index < -0.39 is 10.0 Å². The van der Waals surface area contributed by atoms with Crippen molar-refractivity contribution in [2.75, 3.05) is 24.0 Å². The van der Waals surface area contributed by atoms with Gasteiger partial charge in [-0.25, -0.2) is 10.0 Å². The van der Waals surface area contributed by atoms with Crippen LogP contribution in [-0.2, 0) is 0 Å². The van der Waals surface area contributed by atoms with Gasteiger partial charge in [-0.1, -0.05) is 0 Å². The molecule has 0 rings (SSSR count). The third kappa shape index (κ3) is 4.64. The molecule has 0 heterocycles. The van der Waals surface area contributed by atoms with Gasteiger partial charge in [0.15, 0.2) is 0 Å². The van der Waals surface area contributed by atoms with Crippen molar-refractivity contribution in [1.29, 1.82) is 0 Å². The molecule has 2 heteroatoms. The fourth-order valence-corrected chi connectivity index (χ4v) is 0. The lowest BCUT2D eigenvalue weighted by molar-refractivity contribution is 1.96. The van der Waals surface area contributed by atoms with Crippen LogP contribution in [0.4, 0.5) is 0 Å². The molecule has 0 fully saturated rings. The van der Waals surface area contributed by atoms with Crippen LogP contribution in [0.5, 0.6) is 0 Å². The lowest BCUT2D eigenvalue weighted by atomic mass is 11.8. The summed E-state index contributed by atoms with van der Waals surface area (Å²) in [5.41, 5.74) is 0. The molecule has 0 spiro atoms. The Morgan fingerprint density at radius 2 is 1.50 bits per heavy atom. The fourth-order valence-electron chi connectivity index (χ4n) is 0. The summed E-state index contributed by atoms with van der Waals surface area (Å²) in [7, 11) is -0.397. The molecular formula is C4H11ClS. The maximum absolute atomic E-state index is 5.51. The van der Waals surface area contributed by atoms with Crippen molar-refractivity contribution in [3.8, 4) is 0 Å². The second kappa shape index (κ2) is 2.08. The molecule has 6 heavy (non-hydrogen) atoms. The predicted molar refractivity (Wildman–Crippen MR) is 36.1 cm³/mol. The average Bonchev–Trinajstić information content (AvgIpc) is 1.35. The second-order valence-corrected chi connectivity index (χ2v) is 7.25. The third-order valence-electron chi connectivity index (χ3n) is 0.327. The standard InChI is InChI=1S/C4H11ClS/c1-6(2,3)4-5/h4H2,1-3H3. The molecule has 40 valence electrons. The molecule has 0 aromatic carbocycles. The molecule has 0 aromatic rings. The van der Waals surface area contributed by atoms with Gasteiger partial charge in [0.2, 0.25) is 0 Å². The highest BCUT2D eigenvalue weighted by molar-refractivity contribution is 8.32. The van der Waals surface area contributed by atoms with Crippen LogP contribution in [0.1, 0.15) is 0 Å². The highest BCUT2D eigenvalue weighted by atomic mass is 35.5. The molecule has 0 nitrogen and oxygen atoms in total. The smallest absolute Gasteiger partial charge is 0.0520 e. The SMILES string of the molecule is CS(C)(C)CCl. The van der Waals surface area contributed by atoms with Crippen LogP contribution in [0, 0.1) is 0 Å². The van der Waals surface area contributed by atoms with Gasteiger partial charge >= 0.3 is 0 Å². The number of halogens is 1. The van der Waals surface area contributed by atoms with Gasteiger partial charge in [0.25, 0.3) is 0 Å². The minimum Gasteiger partial charge on any atom is -0.236 e. The van der Waals surface area contributed by atoms with E-state index in [1.807, 2.05) is 0 Å². The molecule has 0 aliphatic heterocycles. The Bertz CT molecular complexity index is 37.3. The van der Waals surface area contributed by atoms with Crippen LogP contribution in [0.3, 0.4) is 0 Å². The van der Waals surface area contributed by atoms with E-state index in [9.17, 15) is 0 Å². The van der Waals surface area contributed by atoms with Gasteiger partial charge in [-0.05, 0) is 18.8 Å². The van der Waals surface area contributed by atoms with Gasteiger partial charge in [-0.15, -0.1) is 11.6 Å². The van der Waals surface area contributed by atoms with E-state index in [2.05, 4.69) is 18.8 Å². The minimum absolute atomic E-state index is 0.397. The molecule has 0 saturated carbocycles. The highest BCUT2D eigenvalue weighted by Crippen LogP contribution is 2.34. The van der Waals surface area contributed by atoms with E-state index in [1.54, 1.807) is 0 Å². The summed E-state index contributed by atoms with van der Waals surface area (Å²) in [5.74, 6) is 0. The van der Waals surface area contributed by atoms with E-state index in [0.717, 1.165) is 5.21 Å². The molecule has 0 aromatic heterocycles. The first-order valence-electron chi connectivity index (χ1n) is 1.78. The van der Waals surface area contributed by atoms with Gasteiger partial charge in [-0.3, -0.25) is 0 Å². The fraction of sp³-hybridized carbons (Fsp3) is 1.00. The lowest BCUT2D eigenvalue weighted by Crippen LogP contribution is -1.89. The molecule has 0 radical (unpaired) electrons. The zero-order valence-corrected chi connectivity index (χ0v) is 6.07. The molecule has 0 N–H and O–H groups in total. The normalized spacial score (nSPS) is 14.7.